The molecule has 2 rings (SSSR count). The molecule has 0 saturated heterocycles. The Labute approximate surface area is 91.5 Å². The van der Waals surface area contributed by atoms with Gasteiger partial charge < -0.3 is 5.32 Å². The molecule has 1 aliphatic rings. The van der Waals surface area contributed by atoms with Crippen LogP contribution in [0.2, 0.25) is 0 Å². The lowest BCUT2D eigenvalue weighted by atomic mass is 9.93. The van der Waals surface area contributed by atoms with Crippen LogP contribution < -0.4 is 5.32 Å². The molecular weight excluding hydrogens is 182 g/mol. The summed E-state index contributed by atoms with van der Waals surface area (Å²) in [5, 5.41) is 3.41. The molecule has 0 unspecified atom stereocenters. The largest absolute Gasteiger partial charge is 0.385 e. The van der Waals surface area contributed by atoms with E-state index in [1.165, 1.54) is 28.8 Å². The van der Waals surface area contributed by atoms with Crippen molar-refractivity contribution in [2.45, 2.75) is 19.8 Å². The van der Waals surface area contributed by atoms with Crippen LogP contribution in [0.4, 0.5) is 0 Å². The van der Waals surface area contributed by atoms with Gasteiger partial charge in [0, 0.05) is 12.2 Å². The van der Waals surface area contributed by atoms with E-state index in [0.29, 0.717) is 0 Å². The maximum atomic E-state index is 3.87. The Bertz CT molecular complexity index is 402. The molecule has 0 spiro atoms. The van der Waals surface area contributed by atoms with Gasteiger partial charge in [0.15, 0.2) is 0 Å². The third-order valence-corrected chi connectivity index (χ3v) is 2.92. The first-order chi connectivity index (χ1) is 7.33. The molecule has 1 N–H and O–H groups in total. The summed E-state index contributed by atoms with van der Waals surface area (Å²) in [5.74, 6) is 0. The summed E-state index contributed by atoms with van der Waals surface area (Å²) in [6.07, 6.45) is 4.29. The lowest BCUT2D eigenvalue weighted by molar-refractivity contribution is 0.716. The van der Waals surface area contributed by atoms with Gasteiger partial charge in [-0.3, -0.25) is 0 Å². The second-order valence-electron chi connectivity index (χ2n) is 3.94. The molecule has 1 nitrogen and oxygen atoms in total. The Morgan fingerprint density at radius 2 is 2.13 bits per heavy atom. The fourth-order valence-corrected chi connectivity index (χ4v) is 2.12. The van der Waals surface area contributed by atoms with Crippen molar-refractivity contribution in [1.82, 2.24) is 5.32 Å². The van der Waals surface area contributed by atoms with Crippen molar-refractivity contribution in [2.24, 2.45) is 0 Å². The van der Waals surface area contributed by atoms with Gasteiger partial charge >= 0.3 is 0 Å². The average molecular weight is 199 g/mol. The minimum absolute atomic E-state index is 1.07. The van der Waals surface area contributed by atoms with Crippen molar-refractivity contribution in [2.75, 3.05) is 6.54 Å². The van der Waals surface area contributed by atoms with Gasteiger partial charge in [-0.25, -0.2) is 0 Å². The molecule has 0 bridgehead atoms. The zero-order valence-corrected chi connectivity index (χ0v) is 9.22. The van der Waals surface area contributed by atoms with Gasteiger partial charge in [-0.1, -0.05) is 30.8 Å². The molecule has 1 aliphatic heterocycles. The van der Waals surface area contributed by atoms with E-state index in [9.17, 15) is 0 Å². The molecule has 1 heterocycles. The number of benzene rings is 1. The van der Waals surface area contributed by atoms with E-state index < -0.39 is 0 Å². The molecule has 15 heavy (non-hydrogen) atoms. The third-order valence-electron chi connectivity index (χ3n) is 2.92. The number of allylic oxidation sites excluding steroid dienone is 2. The van der Waals surface area contributed by atoms with Crippen molar-refractivity contribution in [3.63, 3.8) is 0 Å². The van der Waals surface area contributed by atoms with Crippen molar-refractivity contribution in [3.05, 3.63) is 53.7 Å². The van der Waals surface area contributed by atoms with Crippen LogP contribution in [0, 0.1) is 6.92 Å². The molecule has 0 atom stereocenters. The van der Waals surface area contributed by atoms with Gasteiger partial charge in [0.1, 0.15) is 0 Å². The fraction of sp³-hybridized carbons (Fsp3) is 0.286. The highest BCUT2D eigenvalue weighted by Crippen LogP contribution is 2.28. The zero-order chi connectivity index (χ0) is 10.7. The van der Waals surface area contributed by atoms with E-state index in [-0.39, 0.29) is 0 Å². The quantitative estimate of drug-likeness (QED) is 0.770. The first kappa shape index (κ1) is 10.0. The van der Waals surface area contributed by atoms with E-state index >= 15 is 0 Å². The second-order valence-corrected chi connectivity index (χ2v) is 3.94. The standard InChI is InChI=1S/C14H17N/c1-3-14-13(9-6-10-15-14)12-8-5-4-7-11(12)2/h3-5,7-8,15H,1,6,9-10H2,2H3. The molecule has 0 radical (unpaired) electrons. The van der Waals surface area contributed by atoms with E-state index in [2.05, 4.69) is 43.1 Å². The van der Waals surface area contributed by atoms with Crippen LogP contribution in [-0.4, -0.2) is 6.54 Å². The highest BCUT2D eigenvalue weighted by Gasteiger charge is 2.12. The molecule has 0 fully saturated rings. The molecule has 1 aromatic rings. The van der Waals surface area contributed by atoms with E-state index in [4.69, 9.17) is 0 Å². The Kier molecular flexibility index (Phi) is 2.91. The van der Waals surface area contributed by atoms with Crippen LogP contribution in [0.15, 0.2) is 42.6 Å². The lowest BCUT2D eigenvalue weighted by Gasteiger charge is -2.21. The van der Waals surface area contributed by atoms with Crippen LogP contribution in [0.1, 0.15) is 24.0 Å². The lowest BCUT2D eigenvalue weighted by Crippen LogP contribution is -2.20. The summed E-state index contributed by atoms with van der Waals surface area (Å²) in [6.45, 7) is 7.10. The summed E-state index contributed by atoms with van der Waals surface area (Å²) >= 11 is 0. The number of hydrogen-bond acceptors (Lipinski definition) is 1. The molecule has 0 aromatic heterocycles. The summed E-state index contributed by atoms with van der Waals surface area (Å²) < 4.78 is 0. The maximum Gasteiger partial charge on any atom is 0.0372 e. The Balaban J connectivity index is 2.48. The first-order valence-corrected chi connectivity index (χ1v) is 5.48. The number of hydrogen-bond donors (Lipinski definition) is 1. The molecule has 0 aliphatic carbocycles. The normalized spacial score (nSPS) is 16.1. The molecule has 0 saturated carbocycles. The molecule has 0 amide bonds. The van der Waals surface area contributed by atoms with E-state index in [0.717, 1.165) is 13.0 Å². The van der Waals surface area contributed by atoms with Crippen LogP contribution in [0.3, 0.4) is 0 Å². The van der Waals surface area contributed by atoms with Crippen molar-refractivity contribution < 1.29 is 0 Å². The van der Waals surface area contributed by atoms with Crippen molar-refractivity contribution in [1.29, 1.82) is 0 Å². The molecule has 1 heteroatoms. The van der Waals surface area contributed by atoms with Crippen LogP contribution in [0.25, 0.3) is 5.57 Å². The topological polar surface area (TPSA) is 12.0 Å². The van der Waals surface area contributed by atoms with Gasteiger partial charge in [-0.05, 0) is 42.5 Å². The number of rotatable bonds is 2. The molecular formula is C14H17N. The highest BCUT2D eigenvalue weighted by molar-refractivity contribution is 5.73. The summed E-state index contributed by atoms with van der Waals surface area (Å²) in [4.78, 5) is 0. The van der Waals surface area contributed by atoms with E-state index in [1.807, 2.05) is 6.08 Å². The van der Waals surface area contributed by atoms with Crippen molar-refractivity contribution >= 4 is 5.57 Å². The van der Waals surface area contributed by atoms with Crippen LogP contribution in [-0.2, 0) is 0 Å². The monoisotopic (exact) mass is 199 g/mol. The smallest absolute Gasteiger partial charge is 0.0372 e. The predicted octanol–water partition coefficient (Wildman–Crippen LogP) is 3.28. The average Bonchev–Trinajstić information content (AvgIpc) is 2.30. The van der Waals surface area contributed by atoms with Gasteiger partial charge in [0.05, 0.1) is 0 Å². The third kappa shape index (κ3) is 1.96. The summed E-state index contributed by atoms with van der Waals surface area (Å²) in [7, 11) is 0. The highest BCUT2D eigenvalue weighted by atomic mass is 14.9. The zero-order valence-electron chi connectivity index (χ0n) is 9.22. The second kappa shape index (κ2) is 4.35. The van der Waals surface area contributed by atoms with Crippen molar-refractivity contribution in [3.8, 4) is 0 Å². The maximum absolute atomic E-state index is 3.87. The summed E-state index contributed by atoms with van der Waals surface area (Å²) in [6, 6.07) is 8.55. The Hall–Kier alpha value is -1.50. The van der Waals surface area contributed by atoms with Gasteiger partial charge in [-0.15, -0.1) is 0 Å². The first-order valence-electron chi connectivity index (χ1n) is 5.48. The number of nitrogens with one attached hydrogen (secondary N) is 1. The van der Waals surface area contributed by atoms with Crippen LogP contribution in [0.5, 0.6) is 0 Å². The SMILES string of the molecule is C=CC1=C(c2ccccc2C)CCCN1. The molecule has 1 aromatic carbocycles. The summed E-state index contributed by atoms with van der Waals surface area (Å²) in [5.41, 5.74) is 5.32. The molecule has 78 valence electrons. The Morgan fingerprint density at radius 3 is 2.87 bits per heavy atom. The Morgan fingerprint density at radius 1 is 1.33 bits per heavy atom. The van der Waals surface area contributed by atoms with Gasteiger partial charge in [0.25, 0.3) is 0 Å². The minimum Gasteiger partial charge on any atom is -0.385 e. The fourth-order valence-electron chi connectivity index (χ4n) is 2.12. The van der Waals surface area contributed by atoms with Gasteiger partial charge in [0.2, 0.25) is 0 Å². The number of aryl methyl sites for hydroxylation is 1. The van der Waals surface area contributed by atoms with E-state index in [1.54, 1.807) is 0 Å². The minimum atomic E-state index is 1.07. The van der Waals surface area contributed by atoms with Crippen LogP contribution >= 0.6 is 0 Å². The van der Waals surface area contributed by atoms with Gasteiger partial charge in [-0.2, -0.15) is 0 Å². The predicted molar refractivity (Wildman–Crippen MR) is 65.5 cm³/mol.